The Hall–Kier alpha value is -1.42. The molecule has 0 heterocycles. The molecule has 19 heavy (non-hydrogen) atoms. The minimum atomic E-state index is -0.494. The van der Waals surface area contributed by atoms with Crippen molar-refractivity contribution in [3.05, 3.63) is 35.6 Å². The number of hydrogen-bond donors (Lipinski definition) is 2. The van der Waals surface area contributed by atoms with Crippen molar-refractivity contribution in [2.75, 3.05) is 6.54 Å². The molecule has 1 aliphatic rings. The predicted molar refractivity (Wildman–Crippen MR) is 73.2 cm³/mol. The molecule has 104 valence electrons. The predicted octanol–water partition coefficient (Wildman–Crippen LogP) is 2.10. The van der Waals surface area contributed by atoms with E-state index in [9.17, 15) is 9.18 Å². The first kappa shape index (κ1) is 14.0. The summed E-state index contributed by atoms with van der Waals surface area (Å²) in [4.78, 5) is 11.6. The van der Waals surface area contributed by atoms with Crippen LogP contribution in [0.2, 0.25) is 0 Å². The molecule has 0 unspecified atom stereocenters. The van der Waals surface area contributed by atoms with E-state index in [0.29, 0.717) is 6.54 Å². The Morgan fingerprint density at radius 2 is 1.95 bits per heavy atom. The maximum atomic E-state index is 13.0. The molecule has 1 aliphatic carbocycles. The second-order valence-electron chi connectivity index (χ2n) is 5.50. The van der Waals surface area contributed by atoms with Crippen LogP contribution in [-0.4, -0.2) is 18.5 Å². The lowest BCUT2D eigenvalue weighted by Gasteiger charge is -2.30. The Labute approximate surface area is 113 Å². The fourth-order valence-electron chi connectivity index (χ4n) is 2.84. The van der Waals surface area contributed by atoms with Gasteiger partial charge in [0.25, 0.3) is 0 Å². The van der Waals surface area contributed by atoms with Crippen molar-refractivity contribution >= 4 is 5.91 Å². The number of hydrogen-bond acceptors (Lipinski definition) is 2. The average molecular weight is 264 g/mol. The summed E-state index contributed by atoms with van der Waals surface area (Å²) in [5.41, 5.74) is 6.61. The molecule has 1 aromatic rings. The molecule has 4 heteroatoms. The van der Waals surface area contributed by atoms with Gasteiger partial charge in [0.1, 0.15) is 5.82 Å². The molecule has 1 saturated carbocycles. The highest BCUT2D eigenvalue weighted by Crippen LogP contribution is 2.40. The van der Waals surface area contributed by atoms with Crippen LogP contribution in [0.4, 0.5) is 4.39 Å². The van der Waals surface area contributed by atoms with Gasteiger partial charge in [-0.1, -0.05) is 25.0 Å². The molecular weight excluding hydrogens is 243 g/mol. The Kier molecular flexibility index (Phi) is 4.20. The topological polar surface area (TPSA) is 55.1 Å². The van der Waals surface area contributed by atoms with Gasteiger partial charge in [-0.05, 0) is 37.5 Å². The van der Waals surface area contributed by atoms with Crippen LogP contribution in [0.5, 0.6) is 0 Å². The molecule has 0 aromatic heterocycles. The van der Waals surface area contributed by atoms with Crippen molar-refractivity contribution in [3.8, 4) is 0 Å². The van der Waals surface area contributed by atoms with Gasteiger partial charge in [0.05, 0.1) is 6.04 Å². The number of nitrogens with two attached hydrogens (primary N) is 1. The molecular formula is C15H21FN2O. The lowest BCUT2D eigenvalue weighted by Crippen LogP contribution is -2.45. The van der Waals surface area contributed by atoms with Gasteiger partial charge in [-0.15, -0.1) is 0 Å². The maximum Gasteiger partial charge on any atom is 0.236 e. The van der Waals surface area contributed by atoms with Crippen molar-refractivity contribution in [2.24, 2.45) is 5.73 Å². The van der Waals surface area contributed by atoms with Crippen molar-refractivity contribution in [2.45, 2.75) is 44.1 Å². The zero-order valence-electron chi connectivity index (χ0n) is 11.3. The molecule has 1 atom stereocenters. The van der Waals surface area contributed by atoms with E-state index in [1.165, 1.54) is 12.1 Å². The van der Waals surface area contributed by atoms with Crippen LogP contribution in [-0.2, 0) is 10.2 Å². The number of carbonyl (C=O) groups excluding carboxylic acids is 1. The van der Waals surface area contributed by atoms with E-state index in [-0.39, 0.29) is 17.1 Å². The van der Waals surface area contributed by atoms with Gasteiger partial charge in [-0.3, -0.25) is 4.79 Å². The number of nitrogens with one attached hydrogen (secondary N) is 1. The second kappa shape index (κ2) is 5.70. The third-order valence-corrected chi connectivity index (χ3v) is 4.03. The first-order valence-electron chi connectivity index (χ1n) is 6.83. The minimum absolute atomic E-state index is 0.0573. The molecule has 3 nitrogen and oxygen atoms in total. The Bertz CT molecular complexity index is 436. The summed E-state index contributed by atoms with van der Waals surface area (Å²) in [7, 11) is 0. The number of amides is 1. The fourth-order valence-corrected chi connectivity index (χ4v) is 2.84. The number of rotatable bonds is 4. The van der Waals surface area contributed by atoms with Crippen LogP contribution >= 0.6 is 0 Å². The molecule has 0 radical (unpaired) electrons. The molecule has 1 amide bonds. The zero-order valence-corrected chi connectivity index (χ0v) is 11.3. The minimum Gasteiger partial charge on any atom is -0.354 e. The van der Waals surface area contributed by atoms with Crippen molar-refractivity contribution in [3.63, 3.8) is 0 Å². The summed E-state index contributed by atoms with van der Waals surface area (Å²) in [5, 5.41) is 2.92. The molecule has 0 bridgehead atoms. The quantitative estimate of drug-likeness (QED) is 0.875. The SMILES string of the molecule is C[C@H](N)C(=O)NCC1(c2ccc(F)cc2)CCCC1. The van der Waals surface area contributed by atoms with Gasteiger partial charge in [0.15, 0.2) is 0 Å². The molecule has 3 N–H and O–H groups in total. The van der Waals surface area contributed by atoms with E-state index < -0.39 is 6.04 Å². The summed E-state index contributed by atoms with van der Waals surface area (Å²) in [6.07, 6.45) is 4.34. The molecule has 1 fully saturated rings. The van der Waals surface area contributed by atoms with E-state index in [1.807, 2.05) is 12.1 Å². The van der Waals surface area contributed by atoms with Gasteiger partial charge in [0, 0.05) is 12.0 Å². The van der Waals surface area contributed by atoms with Gasteiger partial charge in [0.2, 0.25) is 5.91 Å². The second-order valence-corrected chi connectivity index (χ2v) is 5.50. The normalized spacial score (nSPS) is 19.1. The lowest BCUT2D eigenvalue weighted by atomic mass is 9.78. The molecule has 0 saturated heterocycles. The highest BCUT2D eigenvalue weighted by atomic mass is 19.1. The van der Waals surface area contributed by atoms with E-state index in [4.69, 9.17) is 5.73 Å². The fraction of sp³-hybridized carbons (Fsp3) is 0.533. The number of halogens is 1. The monoisotopic (exact) mass is 264 g/mol. The molecule has 2 rings (SSSR count). The van der Waals surface area contributed by atoms with Gasteiger partial charge in [-0.25, -0.2) is 4.39 Å². The summed E-state index contributed by atoms with van der Waals surface area (Å²) in [6, 6.07) is 6.15. The van der Waals surface area contributed by atoms with Gasteiger partial charge in [-0.2, -0.15) is 0 Å². The molecule has 0 aliphatic heterocycles. The standard InChI is InChI=1S/C15H21FN2O/c1-11(17)14(19)18-10-15(8-2-3-9-15)12-4-6-13(16)7-5-12/h4-7,11H,2-3,8-10,17H2,1H3,(H,18,19)/t11-/m0/s1. The first-order valence-corrected chi connectivity index (χ1v) is 6.83. The van der Waals surface area contributed by atoms with Crippen LogP contribution in [0, 0.1) is 5.82 Å². The summed E-state index contributed by atoms with van der Waals surface area (Å²) in [6.45, 7) is 2.26. The zero-order chi connectivity index (χ0) is 13.9. The van der Waals surface area contributed by atoms with Crippen LogP contribution in [0.15, 0.2) is 24.3 Å². The smallest absolute Gasteiger partial charge is 0.236 e. The third kappa shape index (κ3) is 3.13. The van der Waals surface area contributed by atoms with Crippen LogP contribution in [0.3, 0.4) is 0 Å². The number of carbonyl (C=O) groups is 1. The summed E-state index contributed by atoms with van der Waals surface area (Å²) >= 11 is 0. The van der Waals surface area contributed by atoms with E-state index in [0.717, 1.165) is 31.2 Å². The van der Waals surface area contributed by atoms with Gasteiger partial charge < -0.3 is 11.1 Å². The van der Waals surface area contributed by atoms with Crippen molar-refractivity contribution in [1.29, 1.82) is 0 Å². The number of benzene rings is 1. The Morgan fingerprint density at radius 3 is 2.47 bits per heavy atom. The maximum absolute atomic E-state index is 13.0. The highest BCUT2D eigenvalue weighted by Gasteiger charge is 2.36. The Balaban J connectivity index is 2.14. The van der Waals surface area contributed by atoms with Crippen molar-refractivity contribution in [1.82, 2.24) is 5.32 Å². The van der Waals surface area contributed by atoms with Crippen molar-refractivity contribution < 1.29 is 9.18 Å². The average Bonchev–Trinajstić information content (AvgIpc) is 2.86. The first-order chi connectivity index (χ1) is 9.03. The highest BCUT2D eigenvalue weighted by molar-refractivity contribution is 5.81. The van der Waals surface area contributed by atoms with E-state index in [1.54, 1.807) is 6.92 Å². The molecule has 0 spiro atoms. The summed E-state index contributed by atoms with van der Waals surface area (Å²) < 4.78 is 13.0. The van der Waals surface area contributed by atoms with Gasteiger partial charge >= 0.3 is 0 Å². The third-order valence-electron chi connectivity index (χ3n) is 4.03. The molecule has 1 aromatic carbocycles. The largest absolute Gasteiger partial charge is 0.354 e. The summed E-state index contributed by atoms with van der Waals surface area (Å²) in [5.74, 6) is -0.357. The van der Waals surface area contributed by atoms with Crippen LogP contribution in [0.25, 0.3) is 0 Å². The lowest BCUT2D eigenvalue weighted by molar-refractivity contribution is -0.122. The Morgan fingerprint density at radius 1 is 1.37 bits per heavy atom. The van der Waals surface area contributed by atoms with E-state index in [2.05, 4.69) is 5.32 Å². The van der Waals surface area contributed by atoms with E-state index >= 15 is 0 Å². The van der Waals surface area contributed by atoms with Crippen LogP contribution in [0.1, 0.15) is 38.2 Å². The van der Waals surface area contributed by atoms with Crippen LogP contribution < -0.4 is 11.1 Å².